The smallest absolute Gasteiger partial charge is 0.422 e. The molecule has 0 saturated carbocycles. The molecule has 3 aromatic rings. The molecule has 46 heavy (non-hydrogen) atoms. The summed E-state index contributed by atoms with van der Waals surface area (Å²) in [4.78, 5) is 41.8. The first-order valence-corrected chi connectivity index (χ1v) is 14.5. The Hall–Kier alpha value is -5.09. The molecule has 5 heterocycles. The summed E-state index contributed by atoms with van der Waals surface area (Å²) in [6, 6.07) is 9.07. The minimum atomic E-state index is -4.59. The molecule has 3 aliphatic rings. The zero-order chi connectivity index (χ0) is 33.4. The summed E-state index contributed by atoms with van der Waals surface area (Å²) in [7, 11) is 0. The molecule has 14 nitrogen and oxygen atoms in total. The summed E-state index contributed by atoms with van der Waals surface area (Å²) in [6.45, 7) is 7.08. The van der Waals surface area contributed by atoms with Gasteiger partial charge in [-0.15, -0.1) is 0 Å². The molecule has 248 valence electrons. The van der Waals surface area contributed by atoms with Crippen molar-refractivity contribution in [3.8, 4) is 6.01 Å². The standard InChI is InChI=1S/C29H38F3N11O3/c1-27(2)16-28(3,4)43-25(45)38-19-8-6-18(7-9-19)14-36-22-39-23(41-26(40-22)46-17-29(30,31)32)37-20-10-11-21(35-15-20)33-12-5-13-34-24(44)42-27/h6-11,15H,5,12-14,16-17H2,1-4H3,(H,33,35)(H2,34,42,44)(H2,38,43,45)(H2,36,37,39,40,41). The van der Waals surface area contributed by atoms with Crippen molar-refractivity contribution in [1.29, 1.82) is 0 Å². The van der Waals surface area contributed by atoms with Crippen molar-refractivity contribution in [2.24, 2.45) is 0 Å². The van der Waals surface area contributed by atoms with Crippen LogP contribution in [-0.2, 0) is 6.54 Å². The van der Waals surface area contributed by atoms with E-state index in [2.05, 4.69) is 57.2 Å². The highest BCUT2D eigenvalue weighted by molar-refractivity contribution is 5.89. The molecule has 0 radical (unpaired) electrons. The van der Waals surface area contributed by atoms with Crippen LogP contribution in [0, 0.1) is 0 Å². The number of ether oxygens (including phenoxy) is 1. The van der Waals surface area contributed by atoms with Crippen molar-refractivity contribution in [3.63, 3.8) is 0 Å². The van der Waals surface area contributed by atoms with E-state index >= 15 is 0 Å². The molecule has 0 fully saturated rings. The SMILES string of the molecule is CC1(C)CC(C)(C)NC(=O)Nc2ccc(cc2)CNc2nc(nc(OCC(F)(F)F)n2)Nc2ccc(nc2)NCCCNC(=O)N1. The second-order valence-corrected chi connectivity index (χ2v) is 12.0. The van der Waals surface area contributed by atoms with E-state index in [0.29, 0.717) is 43.1 Å². The fourth-order valence-electron chi connectivity index (χ4n) is 4.81. The Morgan fingerprint density at radius 1 is 0.783 bits per heavy atom. The van der Waals surface area contributed by atoms with E-state index < -0.39 is 35.9 Å². The summed E-state index contributed by atoms with van der Waals surface area (Å²) in [5.41, 5.74) is 0.491. The molecule has 0 aliphatic carbocycles. The van der Waals surface area contributed by atoms with E-state index in [1.165, 1.54) is 6.20 Å². The van der Waals surface area contributed by atoms with Crippen LogP contribution in [0.4, 0.5) is 51.8 Å². The van der Waals surface area contributed by atoms with E-state index in [1.807, 2.05) is 27.7 Å². The summed E-state index contributed by atoms with van der Waals surface area (Å²) in [5, 5.41) is 20.6. The molecule has 0 unspecified atom stereocenters. The highest BCUT2D eigenvalue weighted by Crippen LogP contribution is 2.22. The number of carbonyl (C=O) groups excluding carboxylic acids is 2. The summed E-state index contributed by atoms with van der Waals surface area (Å²) in [6.07, 6.45) is -2.01. The molecule has 4 amide bonds. The Balaban J connectivity index is 1.53. The van der Waals surface area contributed by atoms with Crippen LogP contribution in [0.2, 0.25) is 0 Å². The van der Waals surface area contributed by atoms with Gasteiger partial charge in [-0.05, 0) is 70.4 Å². The largest absolute Gasteiger partial charge is 0.454 e. The van der Waals surface area contributed by atoms with E-state index in [-0.39, 0.29) is 24.5 Å². The maximum Gasteiger partial charge on any atom is 0.422 e. The number of hydrogen-bond donors (Lipinski definition) is 7. The lowest BCUT2D eigenvalue weighted by molar-refractivity contribution is -0.154. The molecule has 3 aliphatic heterocycles. The quantitative estimate of drug-likeness (QED) is 0.206. The van der Waals surface area contributed by atoms with Crippen LogP contribution >= 0.6 is 0 Å². The zero-order valence-corrected chi connectivity index (χ0v) is 25.9. The Morgan fingerprint density at radius 2 is 1.43 bits per heavy atom. The van der Waals surface area contributed by atoms with Gasteiger partial charge in [-0.2, -0.15) is 28.1 Å². The maximum atomic E-state index is 12.8. The molecule has 1 aromatic carbocycles. The molecular weight excluding hydrogens is 607 g/mol. The molecule has 17 heteroatoms. The number of urea groups is 2. The number of alkyl halides is 3. The Bertz CT molecular complexity index is 1480. The highest BCUT2D eigenvalue weighted by atomic mass is 19.4. The number of rotatable bonds is 2. The molecular formula is C29H38F3N11O3. The third kappa shape index (κ3) is 11.4. The number of fused-ring (bicyclic) bond motifs is 2. The second-order valence-electron chi connectivity index (χ2n) is 12.0. The van der Waals surface area contributed by atoms with Gasteiger partial charge >= 0.3 is 24.2 Å². The van der Waals surface area contributed by atoms with Crippen LogP contribution in [0.15, 0.2) is 42.6 Å². The minimum absolute atomic E-state index is 0.0217. The van der Waals surface area contributed by atoms with Gasteiger partial charge in [-0.3, -0.25) is 0 Å². The average Bonchev–Trinajstić information content (AvgIpc) is 2.94. The van der Waals surface area contributed by atoms with Gasteiger partial charge in [-0.1, -0.05) is 12.1 Å². The number of hydrogen-bond acceptors (Lipinski definition) is 10. The first-order valence-electron chi connectivity index (χ1n) is 14.5. The van der Waals surface area contributed by atoms with Gasteiger partial charge < -0.3 is 42.0 Å². The Labute approximate surface area is 264 Å². The third-order valence-corrected chi connectivity index (χ3v) is 6.39. The van der Waals surface area contributed by atoms with Gasteiger partial charge in [0.1, 0.15) is 5.82 Å². The molecule has 6 bridgehead atoms. The van der Waals surface area contributed by atoms with Gasteiger partial charge in [0.05, 0.1) is 11.9 Å². The molecule has 0 saturated heterocycles. The van der Waals surface area contributed by atoms with Crippen molar-refractivity contribution < 1.29 is 27.5 Å². The van der Waals surface area contributed by atoms with Gasteiger partial charge in [0, 0.05) is 36.4 Å². The van der Waals surface area contributed by atoms with Crippen molar-refractivity contribution >= 4 is 41.2 Å². The van der Waals surface area contributed by atoms with Crippen LogP contribution in [0.25, 0.3) is 0 Å². The van der Waals surface area contributed by atoms with E-state index in [1.54, 1.807) is 36.4 Å². The second kappa shape index (κ2) is 14.3. The van der Waals surface area contributed by atoms with E-state index in [4.69, 9.17) is 4.74 Å². The van der Waals surface area contributed by atoms with Gasteiger partial charge in [0.25, 0.3) is 0 Å². The average molecular weight is 646 g/mol. The summed E-state index contributed by atoms with van der Waals surface area (Å²) < 4.78 is 43.2. The first-order chi connectivity index (χ1) is 21.6. The van der Waals surface area contributed by atoms with Crippen molar-refractivity contribution in [3.05, 3.63) is 48.2 Å². The third-order valence-electron chi connectivity index (χ3n) is 6.39. The lowest BCUT2D eigenvalue weighted by Crippen LogP contribution is -2.56. The normalized spacial score (nSPS) is 17.5. The number of nitrogens with one attached hydrogen (secondary N) is 7. The number of anilines is 5. The minimum Gasteiger partial charge on any atom is -0.454 e. The maximum absolute atomic E-state index is 12.8. The van der Waals surface area contributed by atoms with Gasteiger partial charge in [0.2, 0.25) is 11.9 Å². The number of carbonyl (C=O) groups is 2. The molecule has 0 spiro atoms. The number of pyridine rings is 1. The van der Waals surface area contributed by atoms with Crippen LogP contribution in [0.5, 0.6) is 6.01 Å². The first kappa shape index (κ1) is 33.8. The molecule has 7 N–H and O–H groups in total. The fraction of sp³-hybridized carbons (Fsp3) is 0.448. The summed E-state index contributed by atoms with van der Waals surface area (Å²) in [5.74, 6) is 0.493. The zero-order valence-electron chi connectivity index (χ0n) is 25.9. The van der Waals surface area contributed by atoms with Crippen LogP contribution < -0.4 is 42.0 Å². The fourth-order valence-corrected chi connectivity index (χ4v) is 4.81. The summed E-state index contributed by atoms with van der Waals surface area (Å²) >= 11 is 0. The topological polar surface area (TPSA) is 179 Å². The van der Waals surface area contributed by atoms with Crippen LogP contribution in [0.3, 0.4) is 0 Å². The van der Waals surface area contributed by atoms with Crippen LogP contribution in [-0.4, -0.2) is 68.9 Å². The molecule has 6 rings (SSSR count). The van der Waals surface area contributed by atoms with Crippen molar-refractivity contribution in [2.45, 2.75) is 64.3 Å². The molecule has 2 aromatic heterocycles. The Morgan fingerprint density at radius 3 is 2.11 bits per heavy atom. The van der Waals surface area contributed by atoms with E-state index in [9.17, 15) is 22.8 Å². The lowest BCUT2D eigenvalue weighted by Gasteiger charge is -2.36. The lowest BCUT2D eigenvalue weighted by atomic mass is 9.87. The monoisotopic (exact) mass is 645 g/mol. The Kier molecular flexibility index (Phi) is 10.5. The van der Waals surface area contributed by atoms with Gasteiger partial charge in [0.15, 0.2) is 6.61 Å². The highest BCUT2D eigenvalue weighted by Gasteiger charge is 2.31. The van der Waals surface area contributed by atoms with Crippen molar-refractivity contribution in [2.75, 3.05) is 41.0 Å². The number of amides is 4. The van der Waals surface area contributed by atoms with E-state index in [0.717, 1.165) is 5.56 Å². The number of aromatic nitrogens is 4. The van der Waals surface area contributed by atoms with Crippen molar-refractivity contribution in [1.82, 2.24) is 35.9 Å². The number of halogens is 3. The predicted octanol–water partition coefficient (Wildman–Crippen LogP) is 4.75. The van der Waals surface area contributed by atoms with Crippen LogP contribution in [0.1, 0.15) is 46.1 Å². The van der Waals surface area contributed by atoms with Gasteiger partial charge in [-0.25, -0.2) is 14.6 Å². The predicted molar refractivity (Wildman–Crippen MR) is 167 cm³/mol. The molecule has 0 atom stereocenters. The number of nitrogens with zero attached hydrogens (tertiary/aromatic N) is 4. The number of benzene rings is 1.